The van der Waals surface area contributed by atoms with Gasteiger partial charge < -0.3 is 15.0 Å². The molecule has 21 heavy (non-hydrogen) atoms. The second kappa shape index (κ2) is 7.66. The number of rotatable bonds is 4. The van der Waals surface area contributed by atoms with Gasteiger partial charge in [-0.1, -0.05) is 17.7 Å². The molecule has 2 amide bonds. The van der Waals surface area contributed by atoms with E-state index in [0.29, 0.717) is 17.3 Å². The first-order valence-electron chi connectivity index (χ1n) is 7.46. The monoisotopic (exact) mass is 310 g/mol. The number of anilines is 1. The average Bonchev–Trinajstić information content (AvgIpc) is 2.49. The van der Waals surface area contributed by atoms with Crippen molar-refractivity contribution in [3.63, 3.8) is 0 Å². The molecule has 0 saturated carbocycles. The second-order valence-electron chi connectivity index (χ2n) is 5.61. The van der Waals surface area contributed by atoms with Crippen molar-refractivity contribution in [2.24, 2.45) is 0 Å². The smallest absolute Gasteiger partial charge is 0.321 e. The Bertz CT molecular complexity index is 487. The van der Waals surface area contributed by atoms with Gasteiger partial charge in [-0.05, 0) is 50.3 Å². The lowest BCUT2D eigenvalue weighted by molar-refractivity contribution is 0.00848. The highest BCUT2D eigenvalue weighted by Gasteiger charge is 2.16. The molecule has 1 aromatic carbocycles. The van der Waals surface area contributed by atoms with Crippen LogP contribution in [0.25, 0.3) is 0 Å². The van der Waals surface area contributed by atoms with E-state index < -0.39 is 0 Å². The molecule has 1 N–H and O–H groups in total. The Hall–Kier alpha value is -1.26. The molecule has 1 fully saturated rings. The summed E-state index contributed by atoms with van der Waals surface area (Å²) < 4.78 is 5.68. The minimum atomic E-state index is -0.140. The summed E-state index contributed by atoms with van der Waals surface area (Å²) in [5.41, 5.74) is 1.72. The quantitative estimate of drug-likeness (QED) is 0.910. The Labute approximate surface area is 131 Å². The lowest BCUT2D eigenvalue weighted by atomic mass is 10.1. The number of halogens is 1. The van der Waals surface area contributed by atoms with Crippen molar-refractivity contribution in [2.45, 2.75) is 38.7 Å². The van der Waals surface area contributed by atoms with E-state index in [1.54, 1.807) is 18.0 Å². The van der Waals surface area contributed by atoms with Crippen LogP contribution < -0.4 is 5.32 Å². The third-order valence-corrected chi connectivity index (χ3v) is 4.10. The number of nitrogens with zero attached hydrogens (tertiary/aromatic N) is 1. The number of carbonyl (C=O) groups excluding carboxylic acids is 1. The Morgan fingerprint density at radius 3 is 3.00 bits per heavy atom. The van der Waals surface area contributed by atoms with Crippen LogP contribution >= 0.6 is 11.6 Å². The Balaban J connectivity index is 1.82. The molecule has 4 nitrogen and oxygen atoms in total. The van der Waals surface area contributed by atoms with Crippen molar-refractivity contribution in [3.05, 3.63) is 28.8 Å². The minimum absolute atomic E-state index is 0.140. The lowest BCUT2D eigenvalue weighted by Crippen LogP contribution is -2.34. The fourth-order valence-electron chi connectivity index (χ4n) is 2.42. The van der Waals surface area contributed by atoms with Crippen molar-refractivity contribution < 1.29 is 9.53 Å². The minimum Gasteiger partial charge on any atom is -0.378 e. The molecule has 1 atom stereocenters. The molecule has 116 valence electrons. The number of nitrogens with one attached hydrogen (secondary N) is 1. The predicted molar refractivity (Wildman–Crippen MR) is 86.0 cm³/mol. The molecular formula is C16H23ClN2O2. The van der Waals surface area contributed by atoms with Gasteiger partial charge in [0.15, 0.2) is 0 Å². The zero-order valence-electron chi connectivity index (χ0n) is 12.7. The molecule has 2 rings (SSSR count). The molecule has 0 spiro atoms. The molecule has 0 aromatic heterocycles. The summed E-state index contributed by atoms with van der Waals surface area (Å²) in [6.07, 6.45) is 4.64. The number of aryl methyl sites for hydroxylation is 1. The van der Waals surface area contributed by atoms with Gasteiger partial charge in [0.25, 0.3) is 0 Å². The molecule has 1 heterocycles. The summed E-state index contributed by atoms with van der Waals surface area (Å²) in [4.78, 5) is 13.8. The third-order valence-electron chi connectivity index (χ3n) is 3.77. The maximum Gasteiger partial charge on any atom is 0.321 e. The highest BCUT2D eigenvalue weighted by atomic mass is 35.5. The van der Waals surface area contributed by atoms with Gasteiger partial charge in [-0.25, -0.2) is 4.79 Å². The summed E-state index contributed by atoms with van der Waals surface area (Å²) in [5, 5.41) is 3.41. The van der Waals surface area contributed by atoms with Crippen LogP contribution in [0.1, 0.15) is 31.2 Å². The normalized spacial score (nSPS) is 18.3. The fourth-order valence-corrected chi connectivity index (χ4v) is 2.58. The highest BCUT2D eigenvalue weighted by Crippen LogP contribution is 2.23. The molecule has 5 heteroatoms. The third kappa shape index (κ3) is 4.90. The summed E-state index contributed by atoms with van der Waals surface area (Å²) in [6, 6.07) is 5.45. The van der Waals surface area contributed by atoms with Crippen molar-refractivity contribution in [3.8, 4) is 0 Å². The largest absolute Gasteiger partial charge is 0.378 e. The van der Waals surface area contributed by atoms with Crippen molar-refractivity contribution >= 4 is 23.3 Å². The van der Waals surface area contributed by atoms with E-state index in [1.807, 2.05) is 19.1 Å². The van der Waals surface area contributed by atoms with E-state index >= 15 is 0 Å². The van der Waals surface area contributed by atoms with E-state index in [2.05, 4.69) is 5.32 Å². The first kappa shape index (κ1) is 16.1. The zero-order chi connectivity index (χ0) is 15.2. The highest BCUT2D eigenvalue weighted by molar-refractivity contribution is 6.33. The molecule has 0 aliphatic carbocycles. The van der Waals surface area contributed by atoms with Gasteiger partial charge in [0, 0.05) is 20.2 Å². The van der Waals surface area contributed by atoms with E-state index in [0.717, 1.165) is 31.4 Å². The first-order chi connectivity index (χ1) is 10.1. The topological polar surface area (TPSA) is 41.6 Å². The molecule has 1 aromatic rings. The van der Waals surface area contributed by atoms with Gasteiger partial charge in [0.2, 0.25) is 0 Å². The summed E-state index contributed by atoms with van der Waals surface area (Å²) in [7, 11) is 1.79. The van der Waals surface area contributed by atoms with E-state index in [1.165, 1.54) is 6.42 Å². The number of amides is 2. The SMILES string of the molecule is Cc1ccc(Cl)c(NC(=O)N(C)CC[C@H]2CCCCO2)c1. The molecular weight excluding hydrogens is 288 g/mol. The summed E-state index contributed by atoms with van der Waals surface area (Å²) in [6.45, 7) is 3.50. The molecule has 0 bridgehead atoms. The van der Waals surface area contributed by atoms with Crippen LogP contribution in [0.5, 0.6) is 0 Å². The Kier molecular flexibility index (Phi) is 5.88. The van der Waals surface area contributed by atoms with E-state index in [4.69, 9.17) is 16.3 Å². The van der Waals surface area contributed by atoms with Crippen LogP contribution in [0.15, 0.2) is 18.2 Å². The molecule has 1 aliphatic rings. The maximum absolute atomic E-state index is 12.2. The number of ether oxygens (including phenoxy) is 1. The maximum atomic E-state index is 12.2. The summed E-state index contributed by atoms with van der Waals surface area (Å²) >= 11 is 6.09. The molecule has 1 aliphatic heterocycles. The first-order valence-corrected chi connectivity index (χ1v) is 7.84. The van der Waals surface area contributed by atoms with Gasteiger partial charge in [-0.2, -0.15) is 0 Å². The zero-order valence-corrected chi connectivity index (χ0v) is 13.4. The van der Waals surface area contributed by atoms with Gasteiger partial charge in [0.1, 0.15) is 0 Å². The van der Waals surface area contributed by atoms with Crippen LogP contribution in [-0.4, -0.2) is 37.2 Å². The van der Waals surface area contributed by atoms with Crippen molar-refractivity contribution in [1.82, 2.24) is 4.90 Å². The summed E-state index contributed by atoms with van der Waals surface area (Å²) in [5.74, 6) is 0. The molecule has 1 saturated heterocycles. The van der Waals surface area contributed by atoms with Crippen LogP contribution in [0.4, 0.5) is 10.5 Å². The number of hydrogen-bond acceptors (Lipinski definition) is 2. The van der Waals surface area contributed by atoms with E-state index in [-0.39, 0.29) is 12.1 Å². The second-order valence-corrected chi connectivity index (χ2v) is 6.02. The molecule has 0 unspecified atom stereocenters. The van der Waals surface area contributed by atoms with Gasteiger partial charge in [-0.3, -0.25) is 0 Å². The number of hydrogen-bond donors (Lipinski definition) is 1. The number of urea groups is 1. The number of carbonyl (C=O) groups is 1. The number of benzene rings is 1. The average molecular weight is 311 g/mol. The van der Waals surface area contributed by atoms with Gasteiger partial charge in [0.05, 0.1) is 16.8 Å². The Morgan fingerprint density at radius 1 is 1.48 bits per heavy atom. The van der Waals surface area contributed by atoms with E-state index in [9.17, 15) is 4.79 Å². The predicted octanol–water partition coefficient (Wildman–Crippen LogP) is 4.07. The van der Waals surface area contributed by atoms with Crippen molar-refractivity contribution in [2.75, 3.05) is 25.5 Å². The van der Waals surface area contributed by atoms with Crippen LogP contribution in [-0.2, 0) is 4.74 Å². The van der Waals surface area contributed by atoms with Crippen LogP contribution in [0.2, 0.25) is 5.02 Å². The standard InChI is InChI=1S/C16H23ClN2O2/c1-12-6-7-14(17)15(11-12)18-16(20)19(2)9-8-13-5-3-4-10-21-13/h6-7,11,13H,3-5,8-10H2,1-2H3,(H,18,20)/t13-/m1/s1. The van der Waals surface area contributed by atoms with Crippen molar-refractivity contribution in [1.29, 1.82) is 0 Å². The van der Waals surface area contributed by atoms with Gasteiger partial charge in [-0.15, -0.1) is 0 Å². The Morgan fingerprint density at radius 2 is 2.29 bits per heavy atom. The van der Waals surface area contributed by atoms with Crippen LogP contribution in [0.3, 0.4) is 0 Å². The lowest BCUT2D eigenvalue weighted by Gasteiger charge is -2.25. The van der Waals surface area contributed by atoms with Gasteiger partial charge >= 0.3 is 6.03 Å². The van der Waals surface area contributed by atoms with Crippen LogP contribution in [0, 0.1) is 6.92 Å². The fraction of sp³-hybridized carbons (Fsp3) is 0.562. The molecule has 0 radical (unpaired) electrons.